The highest BCUT2D eigenvalue weighted by atomic mass is 16.5. The first-order chi connectivity index (χ1) is 11.2. The molecule has 1 aromatic carbocycles. The molecule has 0 amide bonds. The van der Waals surface area contributed by atoms with Crippen LogP contribution in [-0.2, 0) is 6.54 Å². The van der Waals surface area contributed by atoms with E-state index >= 15 is 0 Å². The lowest BCUT2D eigenvalue weighted by Crippen LogP contribution is -2.20. The SMILES string of the molecule is COc1cn(Cc2ccccc2C)c(C2=CCCCC2)nc1=O. The van der Waals surface area contributed by atoms with Gasteiger partial charge in [-0.2, -0.15) is 4.98 Å². The number of ether oxygens (including phenoxy) is 1. The molecule has 0 saturated heterocycles. The van der Waals surface area contributed by atoms with Crippen molar-refractivity contribution in [3.63, 3.8) is 0 Å². The van der Waals surface area contributed by atoms with Crippen molar-refractivity contribution in [1.29, 1.82) is 0 Å². The largest absolute Gasteiger partial charge is 0.490 e. The Morgan fingerprint density at radius 1 is 1.26 bits per heavy atom. The van der Waals surface area contributed by atoms with Crippen LogP contribution in [0.25, 0.3) is 5.57 Å². The monoisotopic (exact) mass is 310 g/mol. The zero-order valence-electron chi connectivity index (χ0n) is 13.7. The van der Waals surface area contributed by atoms with Gasteiger partial charge in [0.2, 0.25) is 5.75 Å². The second-order valence-corrected chi connectivity index (χ2v) is 5.97. The normalized spacial score (nSPS) is 14.4. The van der Waals surface area contributed by atoms with Crippen LogP contribution in [0.4, 0.5) is 0 Å². The van der Waals surface area contributed by atoms with E-state index in [4.69, 9.17) is 4.74 Å². The Labute approximate surface area is 136 Å². The van der Waals surface area contributed by atoms with Gasteiger partial charge < -0.3 is 9.30 Å². The van der Waals surface area contributed by atoms with Crippen molar-refractivity contribution >= 4 is 5.57 Å². The van der Waals surface area contributed by atoms with E-state index in [1.54, 1.807) is 6.20 Å². The maximum atomic E-state index is 12.1. The average molecular weight is 310 g/mol. The van der Waals surface area contributed by atoms with E-state index < -0.39 is 0 Å². The molecule has 0 unspecified atom stereocenters. The van der Waals surface area contributed by atoms with Crippen LogP contribution in [0.3, 0.4) is 0 Å². The van der Waals surface area contributed by atoms with Gasteiger partial charge in [0.15, 0.2) is 0 Å². The summed E-state index contributed by atoms with van der Waals surface area (Å²) in [6.07, 6.45) is 8.40. The molecule has 0 radical (unpaired) electrons. The van der Waals surface area contributed by atoms with Crippen molar-refractivity contribution in [3.8, 4) is 5.75 Å². The van der Waals surface area contributed by atoms with E-state index in [1.165, 1.54) is 30.2 Å². The van der Waals surface area contributed by atoms with E-state index in [9.17, 15) is 4.79 Å². The summed E-state index contributed by atoms with van der Waals surface area (Å²) in [5, 5.41) is 0. The number of methoxy groups -OCH3 is 1. The van der Waals surface area contributed by atoms with Crippen molar-refractivity contribution in [2.75, 3.05) is 7.11 Å². The summed E-state index contributed by atoms with van der Waals surface area (Å²) in [6, 6.07) is 8.28. The van der Waals surface area contributed by atoms with E-state index in [2.05, 4.69) is 30.1 Å². The first-order valence-electron chi connectivity index (χ1n) is 8.08. The molecule has 0 bridgehead atoms. The van der Waals surface area contributed by atoms with Crippen molar-refractivity contribution in [1.82, 2.24) is 9.55 Å². The van der Waals surface area contributed by atoms with Crippen LogP contribution in [0.1, 0.15) is 42.6 Å². The van der Waals surface area contributed by atoms with Crippen LogP contribution in [0, 0.1) is 6.92 Å². The number of rotatable bonds is 4. The number of benzene rings is 1. The number of allylic oxidation sites excluding steroid dienone is 2. The van der Waals surface area contributed by atoms with Crippen molar-refractivity contribution in [2.24, 2.45) is 0 Å². The Morgan fingerprint density at radius 3 is 2.78 bits per heavy atom. The summed E-state index contributed by atoms with van der Waals surface area (Å²) in [4.78, 5) is 16.4. The summed E-state index contributed by atoms with van der Waals surface area (Å²) < 4.78 is 7.22. The quantitative estimate of drug-likeness (QED) is 0.867. The molecule has 1 aromatic heterocycles. The average Bonchev–Trinajstić information content (AvgIpc) is 2.59. The molecular formula is C19H22N2O2. The summed E-state index contributed by atoms with van der Waals surface area (Å²) in [5.74, 6) is 1.07. The Kier molecular flexibility index (Phi) is 4.60. The standard InChI is InChI=1S/C19H22N2O2/c1-14-8-6-7-11-16(14)12-21-13-17(23-2)19(22)20-18(21)15-9-4-3-5-10-15/h6-9,11,13H,3-5,10,12H2,1-2H3. The third kappa shape index (κ3) is 3.36. The molecule has 0 spiro atoms. The highest BCUT2D eigenvalue weighted by Crippen LogP contribution is 2.26. The van der Waals surface area contributed by atoms with Crippen molar-refractivity contribution < 1.29 is 4.74 Å². The summed E-state index contributed by atoms with van der Waals surface area (Å²) in [6.45, 7) is 2.78. The highest BCUT2D eigenvalue weighted by molar-refractivity contribution is 5.61. The minimum atomic E-state index is -0.296. The van der Waals surface area contributed by atoms with Gasteiger partial charge in [0.1, 0.15) is 5.82 Å². The minimum Gasteiger partial charge on any atom is -0.490 e. The second-order valence-electron chi connectivity index (χ2n) is 5.97. The van der Waals surface area contributed by atoms with Gasteiger partial charge in [0.25, 0.3) is 0 Å². The number of aryl methyl sites for hydroxylation is 1. The topological polar surface area (TPSA) is 44.1 Å². The number of hydrogen-bond acceptors (Lipinski definition) is 3. The van der Waals surface area contributed by atoms with Gasteiger partial charge in [-0.3, -0.25) is 4.79 Å². The molecule has 0 aliphatic heterocycles. The van der Waals surface area contributed by atoms with Crippen LogP contribution in [-0.4, -0.2) is 16.7 Å². The van der Waals surface area contributed by atoms with Gasteiger partial charge in [-0.05, 0) is 49.3 Å². The van der Waals surface area contributed by atoms with Crippen LogP contribution in [0.2, 0.25) is 0 Å². The molecule has 0 N–H and O–H groups in total. The molecule has 4 heteroatoms. The zero-order chi connectivity index (χ0) is 16.2. The minimum absolute atomic E-state index is 0.291. The predicted molar refractivity (Wildman–Crippen MR) is 91.8 cm³/mol. The van der Waals surface area contributed by atoms with Gasteiger partial charge >= 0.3 is 5.56 Å². The van der Waals surface area contributed by atoms with Crippen LogP contribution in [0.15, 0.2) is 41.3 Å². The molecule has 2 aromatic rings. The highest BCUT2D eigenvalue weighted by Gasteiger charge is 2.15. The van der Waals surface area contributed by atoms with Gasteiger partial charge in [0.05, 0.1) is 13.3 Å². The maximum Gasteiger partial charge on any atom is 0.315 e. The van der Waals surface area contributed by atoms with Crippen molar-refractivity contribution in [2.45, 2.75) is 39.2 Å². The van der Waals surface area contributed by atoms with Crippen molar-refractivity contribution in [3.05, 3.63) is 63.8 Å². The summed E-state index contributed by atoms with van der Waals surface area (Å²) >= 11 is 0. The maximum absolute atomic E-state index is 12.1. The fraction of sp³-hybridized carbons (Fsp3) is 0.368. The third-order valence-electron chi connectivity index (χ3n) is 4.36. The summed E-state index contributed by atoms with van der Waals surface area (Å²) in [5.41, 5.74) is 3.32. The van der Waals surface area contributed by atoms with Crippen LogP contribution >= 0.6 is 0 Å². The Bertz CT molecular complexity index is 790. The molecule has 1 aliphatic rings. The predicted octanol–water partition coefficient (Wildman–Crippen LogP) is 3.57. The van der Waals surface area contributed by atoms with Crippen LogP contribution in [0.5, 0.6) is 5.75 Å². The molecule has 1 aliphatic carbocycles. The van der Waals surface area contributed by atoms with Gasteiger partial charge in [-0.25, -0.2) is 0 Å². The fourth-order valence-electron chi connectivity index (χ4n) is 3.00. The molecular weight excluding hydrogens is 288 g/mol. The molecule has 3 rings (SSSR count). The van der Waals surface area contributed by atoms with Gasteiger partial charge in [-0.15, -0.1) is 0 Å². The first-order valence-corrected chi connectivity index (χ1v) is 8.08. The van der Waals surface area contributed by atoms with Gasteiger partial charge in [0, 0.05) is 6.54 Å². The first kappa shape index (κ1) is 15.5. The fourth-order valence-corrected chi connectivity index (χ4v) is 3.00. The van der Waals surface area contributed by atoms with E-state index in [0.29, 0.717) is 12.3 Å². The zero-order valence-corrected chi connectivity index (χ0v) is 13.7. The number of nitrogens with zero attached hydrogens (tertiary/aromatic N) is 2. The molecule has 4 nitrogen and oxygen atoms in total. The Balaban J connectivity index is 2.07. The second kappa shape index (κ2) is 6.82. The Hall–Kier alpha value is -2.36. The molecule has 0 atom stereocenters. The summed E-state index contributed by atoms with van der Waals surface area (Å²) in [7, 11) is 1.51. The molecule has 1 heterocycles. The molecule has 0 fully saturated rings. The smallest absolute Gasteiger partial charge is 0.315 e. The lowest BCUT2D eigenvalue weighted by molar-refractivity contribution is 0.401. The van der Waals surface area contributed by atoms with E-state index in [-0.39, 0.29) is 5.56 Å². The molecule has 23 heavy (non-hydrogen) atoms. The van der Waals surface area contributed by atoms with Gasteiger partial charge in [-0.1, -0.05) is 30.3 Å². The number of hydrogen-bond donors (Lipinski definition) is 0. The Morgan fingerprint density at radius 2 is 2.09 bits per heavy atom. The lowest BCUT2D eigenvalue weighted by Gasteiger charge is -2.19. The van der Waals surface area contributed by atoms with E-state index in [0.717, 1.165) is 25.1 Å². The number of aromatic nitrogens is 2. The molecule has 0 saturated carbocycles. The lowest BCUT2D eigenvalue weighted by atomic mass is 9.98. The van der Waals surface area contributed by atoms with Crippen LogP contribution < -0.4 is 10.3 Å². The third-order valence-corrected chi connectivity index (χ3v) is 4.36. The molecule has 120 valence electrons. The van der Waals surface area contributed by atoms with E-state index in [1.807, 2.05) is 16.7 Å².